The van der Waals surface area contributed by atoms with Gasteiger partial charge in [0.2, 0.25) is 0 Å². The fourth-order valence-electron chi connectivity index (χ4n) is 4.14. The molecule has 0 bridgehead atoms. The molecule has 4 aromatic rings. The Morgan fingerprint density at radius 1 is 1.23 bits per heavy atom. The van der Waals surface area contributed by atoms with Gasteiger partial charge in [0, 0.05) is 62.9 Å². The zero-order valence-electron chi connectivity index (χ0n) is 17.4. The summed E-state index contributed by atoms with van der Waals surface area (Å²) in [6.45, 7) is 5.56. The summed E-state index contributed by atoms with van der Waals surface area (Å²) < 4.78 is 3.49. The molecule has 5 rings (SSSR count). The number of carbonyl (C=O) groups is 1. The van der Waals surface area contributed by atoms with Crippen LogP contribution >= 0.6 is 0 Å². The second-order valence-corrected chi connectivity index (χ2v) is 7.76. The second kappa shape index (κ2) is 7.41. The van der Waals surface area contributed by atoms with Crippen LogP contribution in [0.3, 0.4) is 0 Å². The van der Waals surface area contributed by atoms with Crippen LogP contribution in [-0.4, -0.2) is 51.3 Å². The summed E-state index contributed by atoms with van der Waals surface area (Å²) in [6, 6.07) is 7.62. The normalized spacial score (nSPS) is 14.2. The van der Waals surface area contributed by atoms with Crippen LogP contribution in [0.15, 0.2) is 36.8 Å². The van der Waals surface area contributed by atoms with Crippen molar-refractivity contribution in [3.05, 3.63) is 53.6 Å². The van der Waals surface area contributed by atoms with Crippen LogP contribution in [0.2, 0.25) is 0 Å². The summed E-state index contributed by atoms with van der Waals surface area (Å²) in [5.41, 5.74) is 4.56. The molecule has 156 valence electrons. The fraction of sp³-hybridized carbons (Fsp3) is 0.273. The zero-order valence-corrected chi connectivity index (χ0v) is 17.4. The van der Waals surface area contributed by atoms with Crippen LogP contribution < -0.4 is 15.5 Å². The van der Waals surface area contributed by atoms with E-state index in [0.29, 0.717) is 28.0 Å². The highest BCUT2D eigenvalue weighted by Gasteiger charge is 2.20. The molecule has 1 fully saturated rings. The summed E-state index contributed by atoms with van der Waals surface area (Å²) in [6.07, 6.45) is 5.54. The Hall–Kier alpha value is -3.90. The van der Waals surface area contributed by atoms with Gasteiger partial charge in [0.15, 0.2) is 5.65 Å². The molecule has 31 heavy (non-hydrogen) atoms. The molecular weight excluding hydrogens is 392 g/mol. The maximum Gasteiger partial charge on any atom is 0.257 e. The van der Waals surface area contributed by atoms with E-state index in [1.807, 2.05) is 38.5 Å². The van der Waals surface area contributed by atoms with Crippen LogP contribution in [0, 0.1) is 18.3 Å². The molecule has 9 heteroatoms. The van der Waals surface area contributed by atoms with Gasteiger partial charge in [-0.25, -0.2) is 4.98 Å². The second-order valence-electron chi connectivity index (χ2n) is 7.76. The van der Waals surface area contributed by atoms with Crippen molar-refractivity contribution in [2.45, 2.75) is 6.92 Å². The number of aryl methyl sites for hydroxylation is 2. The van der Waals surface area contributed by atoms with Gasteiger partial charge in [0.25, 0.3) is 5.91 Å². The first-order valence-electron chi connectivity index (χ1n) is 10.2. The molecule has 1 aromatic carbocycles. The number of amides is 1. The van der Waals surface area contributed by atoms with Crippen LogP contribution in [0.1, 0.15) is 21.6 Å². The molecule has 2 N–H and O–H groups in total. The van der Waals surface area contributed by atoms with E-state index in [-0.39, 0.29) is 5.91 Å². The first kappa shape index (κ1) is 19.1. The number of carbonyl (C=O) groups excluding carboxylic acids is 1. The van der Waals surface area contributed by atoms with Gasteiger partial charge < -0.3 is 19.9 Å². The average molecular weight is 414 g/mol. The molecule has 3 aromatic heterocycles. The number of aromatic nitrogens is 4. The van der Waals surface area contributed by atoms with E-state index in [1.165, 1.54) is 0 Å². The van der Waals surface area contributed by atoms with Crippen molar-refractivity contribution >= 4 is 33.8 Å². The van der Waals surface area contributed by atoms with Crippen molar-refractivity contribution in [3.8, 4) is 6.07 Å². The molecule has 9 nitrogen and oxygen atoms in total. The lowest BCUT2D eigenvalue weighted by Crippen LogP contribution is -2.43. The number of pyridine rings is 1. The number of rotatable bonds is 3. The highest BCUT2D eigenvalue weighted by molar-refractivity contribution is 6.14. The minimum absolute atomic E-state index is 0.268. The lowest BCUT2D eigenvalue weighted by atomic mass is 10.1. The number of hydrogen-bond acceptors (Lipinski definition) is 6. The van der Waals surface area contributed by atoms with Crippen molar-refractivity contribution in [1.82, 2.24) is 24.5 Å². The molecule has 0 unspecified atom stereocenters. The summed E-state index contributed by atoms with van der Waals surface area (Å²) >= 11 is 0. The van der Waals surface area contributed by atoms with Gasteiger partial charge in [0.1, 0.15) is 11.6 Å². The minimum atomic E-state index is -0.268. The lowest BCUT2D eigenvalue weighted by molar-refractivity contribution is 0.102. The number of fused-ring (bicyclic) bond motifs is 2. The molecule has 0 radical (unpaired) electrons. The van der Waals surface area contributed by atoms with Crippen molar-refractivity contribution in [1.29, 1.82) is 5.26 Å². The quantitative estimate of drug-likeness (QED) is 0.532. The molecule has 1 aliphatic heterocycles. The molecule has 0 saturated carbocycles. The first-order chi connectivity index (χ1) is 15.0. The van der Waals surface area contributed by atoms with E-state index in [1.54, 1.807) is 21.3 Å². The van der Waals surface area contributed by atoms with Crippen molar-refractivity contribution < 1.29 is 4.79 Å². The van der Waals surface area contributed by atoms with E-state index in [9.17, 15) is 10.1 Å². The maximum atomic E-state index is 13.2. The van der Waals surface area contributed by atoms with E-state index < -0.39 is 0 Å². The molecule has 0 atom stereocenters. The molecular formula is C22H22N8O. The third-order valence-electron chi connectivity index (χ3n) is 5.52. The smallest absolute Gasteiger partial charge is 0.257 e. The number of anilines is 2. The van der Waals surface area contributed by atoms with Crippen LogP contribution in [0.5, 0.6) is 0 Å². The first-order valence-corrected chi connectivity index (χ1v) is 10.2. The number of hydrogen-bond donors (Lipinski definition) is 2. The standard InChI is InChI=1S/C22H22N8O/c1-14-11-30-12-16(9-15(10-23)21(30)25-14)26-22(31)17-3-4-19(29-7-5-24-6-8-29)18-13-28(2)27-20(17)18/h3-4,9,11-13,24H,5-8H2,1-2H3,(H,26,31). The van der Waals surface area contributed by atoms with Crippen molar-refractivity contribution in [3.63, 3.8) is 0 Å². The third kappa shape index (κ3) is 3.37. The molecule has 1 amide bonds. The molecule has 0 spiro atoms. The number of nitriles is 1. The monoisotopic (exact) mass is 414 g/mol. The molecule has 1 saturated heterocycles. The van der Waals surface area contributed by atoms with Crippen LogP contribution in [0.25, 0.3) is 16.6 Å². The Balaban J connectivity index is 1.52. The van der Waals surface area contributed by atoms with E-state index >= 15 is 0 Å². The molecule has 0 aliphatic carbocycles. The Bertz CT molecular complexity index is 1350. The van der Waals surface area contributed by atoms with E-state index in [2.05, 4.69) is 31.7 Å². The third-order valence-corrected chi connectivity index (χ3v) is 5.52. The van der Waals surface area contributed by atoms with Gasteiger partial charge in [-0.2, -0.15) is 10.4 Å². The topological polar surface area (TPSA) is 103 Å². The van der Waals surface area contributed by atoms with Crippen LogP contribution in [-0.2, 0) is 7.05 Å². The summed E-state index contributed by atoms with van der Waals surface area (Å²) in [4.78, 5) is 19.9. The number of piperazine rings is 1. The van der Waals surface area contributed by atoms with Crippen LogP contribution in [0.4, 0.5) is 11.4 Å². The van der Waals surface area contributed by atoms with Gasteiger partial charge in [-0.1, -0.05) is 0 Å². The Kier molecular flexibility index (Phi) is 4.56. The van der Waals surface area contributed by atoms with Gasteiger partial charge >= 0.3 is 0 Å². The predicted molar refractivity (Wildman–Crippen MR) is 118 cm³/mol. The number of nitrogens with zero attached hydrogens (tertiary/aromatic N) is 6. The number of imidazole rings is 1. The Morgan fingerprint density at radius 3 is 2.81 bits per heavy atom. The van der Waals surface area contributed by atoms with E-state index in [0.717, 1.165) is 42.9 Å². The molecule has 1 aliphatic rings. The Morgan fingerprint density at radius 2 is 2.03 bits per heavy atom. The highest BCUT2D eigenvalue weighted by atomic mass is 16.1. The minimum Gasteiger partial charge on any atom is -0.368 e. The fourth-order valence-corrected chi connectivity index (χ4v) is 4.14. The summed E-state index contributed by atoms with van der Waals surface area (Å²) in [5.74, 6) is -0.268. The lowest BCUT2D eigenvalue weighted by Gasteiger charge is -2.30. The van der Waals surface area contributed by atoms with Crippen molar-refractivity contribution in [2.75, 3.05) is 36.4 Å². The number of benzene rings is 1. The average Bonchev–Trinajstić information content (AvgIpc) is 3.34. The zero-order chi connectivity index (χ0) is 21.5. The Labute approximate surface area is 178 Å². The van der Waals surface area contributed by atoms with Gasteiger partial charge in [-0.3, -0.25) is 9.48 Å². The van der Waals surface area contributed by atoms with Crippen molar-refractivity contribution in [2.24, 2.45) is 7.05 Å². The molecule has 4 heterocycles. The van der Waals surface area contributed by atoms with E-state index in [4.69, 9.17) is 0 Å². The van der Waals surface area contributed by atoms with Gasteiger partial charge in [-0.05, 0) is 25.1 Å². The summed E-state index contributed by atoms with van der Waals surface area (Å²) in [7, 11) is 1.86. The highest BCUT2D eigenvalue weighted by Crippen LogP contribution is 2.30. The van der Waals surface area contributed by atoms with Gasteiger partial charge in [0.05, 0.1) is 22.5 Å². The largest absolute Gasteiger partial charge is 0.368 e. The maximum absolute atomic E-state index is 13.2. The number of nitrogens with one attached hydrogen (secondary N) is 2. The predicted octanol–water partition coefficient (Wildman–Crippen LogP) is 2.06. The SMILES string of the molecule is Cc1cn2cc(NC(=O)c3ccc(N4CCNCC4)c4cn(C)nc34)cc(C#N)c2n1. The van der Waals surface area contributed by atoms with Gasteiger partial charge in [-0.15, -0.1) is 0 Å². The summed E-state index contributed by atoms with van der Waals surface area (Å²) in [5, 5.41) is 21.3.